The highest BCUT2D eigenvalue weighted by atomic mass is 19.1. The van der Waals surface area contributed by atoms with E-state index in [9.17, 15) is 4.39 Å². The van der Waals surface area contributed by atoms with Gasteiger partial charge in [-0.15, -0.1) is 0 Å². The van der Waals surface area contributed by atoms with Crippen molar-refractivity contribution in [3.8, 4) is 11.8 Å². The second-order valence-corrected chi connectivity index (χ2v) is 3.59. The molecule has 0 unspecified atom stereocenters. The Hall–Kier alpha value is -2.61. The Labute approximate surface area is 103 Å². The summed E-state index contributed by atoms with van der Waals surface area (Å²) in [5.41, 5.74) is 6.23. The zero-order valence-electron chi connectivity index (χ0n) is 9.43. The predicted octanol–water partition coefficient (Wildman–Crippen LogP) is 2.25. The summed E-state index contributed by atoms with van der Waals surface area (Å²) in [6.07, 6.45) is 1.55. The van der Waals surface area contributed by atoms with Gasteiger partial charge in [0.2, 0.25) is 0 Å². The topological polar surface area (TPSA) is 71.9 Å². The van der Waals surface area contributed by atoms with E-state index in [1.54, 1.807) is 18.3 Å². The molecule has 0 amide bonds. The summed E-state index contributed by atoms with van der Waals surface area (Å²) in [7, 11) is 0. The molecule has 2 N–H and O–H groups in total. The Kier molecular flexibility index (Phi) is 3.39. The van der Waals surface area contributed by atoms with Crippen molar-refractivity contribution in [3.05, 3.63) is 53.5 Å². The molecule has 0 aliphatic heterocycles. The molecule has 0 bridgehead atoms. The van der Waals surface area contributed by atoms with E-state index in [0.717, 1.165) is 0 Å². The Balaban J connectivity index is 2.12. The fourth-order valence-electron chi connectivity index (χ4n) is 1.41. The van der Waals surface area contributed by atoms with E-state index < -0.39 is 5.82 Å². The number of nitrogens with two attached hydrogens (primary N) is 1. The molecule has 1 aromatic carbocycles. The van der Waals surface area contributed by atoms with Gasteiger partial charge in [-0.05, 0) is 24.3 Å². The molecule has 0 atom stereocenters. The lowest BCUT2D eigenvalue weighted by molar-refractivity contribution is 0.300. The second-order valence-electron chi connectivity index (χ2n) is 3.59. The minimum atomic E-state index is -0.475. The molecule has 2 aromatic rings. The highest BCUT2D eigenvalue weighted by Gasteiger charge is 2.06. The molecular formula is C13H10FN3O. The summed E-state index contributed by atoms with van der Waals surface area (Å²) in [6.45, 7) is 0.0352. The standard InChI is InChI=1S/C13H10FN3O/c14-11-6-9(7-15)3-4-10(11)8-18-12-2-1-5-17-13(12)16/h1-6H,8H2,(H2,16,17). The van der Waals surface area contributed by atoms with Gasteiger partial charge in [-0.25, -0.2) is 9.37 Å². The van der Waals surface area contributed by atoms with Crippen LogP contribution in [-0.4, -0.2) is 4.98 Å². The Morgan fingerprint density at radius 1 is 1.39 bits per heavy atom. The lowest BCUT2D eigenvalue weighted by Crippen LogP contribution is -2.02. The van der Waals surface area contributed by atoms with Crippen molar-refractivity contribution in [2.75, 3.05) is 5.73 Å². The van der Waals surface area contributed by atoms with Crippen LogP contribution < -0.4 is 10.5 Å². The van der Waals surface area contributed by atoms with Crippen LogP contribution in [0.15, 0.2) is 36.5 Å². The Morgan fingerprint density at radius 2 is 2.22 bits per heavy atom. The number of hydrogen-bond acceptors (Lipinski definition) is 4. The van der Waals surface area contributed by atoms with Crippen molar-refractivity contribution in [1.29, 1.82) is 5.26 Å². The zero-order chi connectivity index (χ0) is 13.0. The second kappa shape index (κ2) is 5.15. The molecule has 1 aromatic heterocycles. The van der Waals surface area contributed by atoms with Crippen LogP contribution >= 0.6 is 0 Å². The summed E-state index contributed by atoms with van der Waals surface area (Å²) >= 11 is 0. The molecule has 2 rings (SSSR count). The first-order valence-electron chi connectivity index (χ1n) is 5.22. The van der Waals surface area contributed by atoms with Gasteiger partial charge in [0.25, 0.3) is 0 Å². The van der Waals surface area contributed by atoms with Crippen molar-refractivity contribution >= 4 is 5.82 Å². The van der Waals surface area contributed by atoms with E-state index >= 15 is 0 Å². The average Bonchev–Trinajstić information content (AvgIpc) is 2.39. The van der Waals surface area contributed by atoms with Crippen LogP contribution in [0.25, 0.3) is 0 Å². The molecule has 0 saturated carbocycles. The monoisotopic (exact) mass is 243 g/mol. The van der Waals surface area contributed by atoms with E-state index in [1.165, 1.54) is 18.2 Å². The molecule has 0 saturated heterocycles. The fourth-order valence-corrected chi connectivity index (χ4v) is 1.41. The smallest absolute Gasteiger partial charge is 0.166 e. The zero-order valence-corrected chi connectivity index (χ0v) is 9.43. The van der Waals surface area contributed by atoms with E-state index in [-0.39, 0.29) is 18.0 Å². The van der Waals surface area contributed by atoms with E-state index in [1.807, 2.05) is 6.07 Å². The van der Waals surface area contributed by atoms with Crippen LogP contribution in [0.2, 0.25) is 0 Å². The van der Waals surface area contributed by atoms with Gasteiger partial charge in [0.15, 0.2) is 11.6 Å². The molecule has 1 heterocycles. The average molecular weight is 243 g/mol. The number of nitriles is 1. The van der Waals surface area contributed by atoms with Crippen LogP contribution in [0.5, 0.6) is 5.75 Å². The maximum absolute atomic E-state index is 13.6. The molecule has 5 heteroatoms. The Bertz CT molecular complexity index is 607. The first-order valence-corrected chi connectivity index (χ1v) is 5.22. The minimum Gasteiger partial charge on any atom is -0.485 e. The predicted molar refractivity (Wildman–Crippen MR) is 64.1 cm³/mol. The van der Waals surface area contributed by atoms with Gasteiger partial charge in [0, 0.05) is 11.8 Å². The number of aromatic nitrogens is 1. The highest BCUT2D eigenvalue weighted by Crippen LogP contribution is 2.19. The largest absolute Gasteiger partial charge is 0.485 e. The number of anilines is 1. The first-order chi connectivity index (χ1) is 8.70. The SMILES string of the molecule is N#Cc1ccc(COc2cccnc2N)c(F)c1. The number of rotatable bonds is 3. The van der Waals surface area contributed by atoms with Crippen molar-refractivity contribution < 1.29 is 9.13 Å². The summed E-state index contributed by atoms with van der Waals surface area (Å²) in [4.78, 5) is 3.86. The maximum Gasteiger partial charge on any atom is 0.166 e. The summed E-state index contributed by atoms with van der Waals surface area (Å²) < 4.78 is 18.9. The first kappa shape index (κ1) is 11.9. The molecule has 90 valence electrons. The number of benzene rings is 1. The number of nitrogens with zero attached hydrogens (tertiary/aromatic N) is 2. The van der Waals surface area contributed by atoms with Crippen LogP contribution in [0, 0.1) is 17.1 Å². The summed E-state index contributed by atoms with van der Waals surface area (Å²) in [6, 6.07) is 9.43. The molecule has 0 radical (unpaired) electrons. The molecule has 18 heavy (non-hydrogen) atoms. The lowest BCUT2D eigenvalue weighted by Gasteiger charge is -2.08. The Morgan fingerprint density at radius 3 is 2.89 bits per heavy atom. The molecule has 0 aliphatic rings. The van der Waals surface area contributed by atoms with Gasteiger partial charge in [-0.2, -0.15) is 5.26 Å². The summed E-state index contributed by atoms with van der Waals surface area (Å²) in [5.74, 6) is 0.185. The van der Waals surface area contributed by atoms with E-state index in [0.29, 0.717) is 11.3 Å². The third-order valence-corrected chi connectivity index (χ3v) is 2.37. The third kappa shape index (κ3) is 2.55. The molecule has 0 fully saturated rings. The van der Waals surface area contributed by atoms with Crippen molar-refractivity contribution in [1.82, 2.24) is 4.98 Å². The van der Waals surface area contributed by atoms with Crippen LogP contribution in [0.3, 0.4) is 0 Å². The number of nitrogen functional groups attached to an aromatic ring is 1. The van der Waals surface area contributed by atoms with Gasteiger partial charge >= 0.3 is 0 Å². The fraction of sp³-hybridized carbons (Fsp3) is 0.0769. The van der Waals surface area contributed by atoms with Crippen LogP contribution in [0.4, 0.5) is 10.2 Å². The third-order valence-electron chi connectivity index (χ3n) is 2.37. The van der Waals surface area contributed by atoms with E-state index in [2.05, 4.69) is 4.98 Å². The van der Waals surface area contributed by atoms with Crippen molar-refractivity contribution in [2.45, 2.75) is 6.61 Å². The number of halogens is 1. The highest BCUT2D eigenvalue weighted by molar-refractivity contribution is 5.44. The number of pyridine rings is 1. The van der Waals surface area contributed by atoms with E-state index in [4.69, 9.17) is 15.7 Å². The maximum atomic E-state index is 13.6. The van der Waals surface area contributed by atoms with Gasteiger partial charge < -0.3 is 10.5 Å². The molecular weight excluding hydrogens is 233 g/mol. The lowest BCUT2D eigenvalue weighted by atomic mass is 10.1. The van der Waals surface area contributed by atoms with Gasteiger partial charge in [0.05, 0.1) is 11.6 Å². The normalized spacial score (nSPS) is 9.78. The van der Waals surface area contributed by atoms with Gasteiger partial charge in [0.1, 0.15) is 12.4 Å². The molecule has 4 nitrogen and oxygen atoms in total. The molecule has 0 aliphatic carbocycles. The minimum absolute atomic E-state index is 0.0352. The van der Waals surface area contributed by atoms with Crippen molar-refractivity contribution in [2.24, 2.45) is 0 Å². The quantitative estimate of drug-likeness (QED) is 0.897. The van der Waals surface area contributed by atoms with Gasteiger partial charge in [-0.3, -0.25) is 0 Å². The van der Waals surface area contributed by atoms with Gasteiger partial charge in [-0.1, -0.05) is 6.07 Å². The van der Waals surface area contributed by atoms with Crippen molar-refractivity contribution in [3.63, 3.8) is 0 Å². The number of hydrogen-bond donors (Lipinski definition) is 1. The molecule has 0 spiro atoms. The van der Waals surface area contributed by atoms with Crippen LogP contribution in [0.1, 0.15) is 11.1 Å². The van der Waals surface area contributed by atoms with Crippen LogP contribution in [-0.2, 0) is 6.61 Å². The number of ether oxygens (including phenoxy) is 1. The summed E-state index contributed by atoms with van der Waals surface area (Å²) in [5, 5.41) is 8.62.